The van der Waals surface area contributed by atoms with Gasteiger partial charge in [-0.15, -0.1) is 0 Å². The van der Waals surface area contributed by atoms with Crippen LogP contribution in [0.1, 0.15) is 25.8 Å². The van der Waals surface area contributed by atoms with Gasteiger partial charge in [0.25, 0.3) is 0 Å². The van der Waals surface area contributed by atoms with Crippen molar-refractivity contribution in [1.29, 1.82) is 0 Å². The van der Waals surface area contributed by atoms with E-state index >= 15 is 0 Å². The zero-order chi connectivity index (χ0) is 13.9. The molecule has 0 bridgehead atoms. The summed E-state index contributed by atoms with van der Waals surface area (Å²) in [6, 6.07) is 8.23. The fourth-order valence-corrected chi connectivity index (χ4v) is 2.14. The van der Waals surface area contributed by atoms with E-state index in [2.05, 4.69) is 24.4 Å². The molecule has 0 saturated carbocycles. The lowest BCUT2D eigenvalue weighted by atomic mass is 9.99. The third-order valence-electron chi connectivity index (χ3n) is 3.12. The molecule has 3 nitrogen and oxygen atoms in total. The SMILES string of the molecule is CCCNCC(COCC)Cc1ccccc1OC. The van der Waals surface area contributed by atoms with Gasteiger partial charge in [0.15, 0.2) is 0 Å². The predicted molar refractivity (Wildman–Crippen MR) is 79.8 cm³/mol. The van der Waals surface area contributed by atoms with Crippen LogP contribution < -0.4 is 10.1 Å². The van der Waals surface area contributed by atoms with E-state index in [1.165, 1.54) is 5.56 Å². The third-order valence-corrected chi connectivity index (χ3v) is 3.12. The zero-order valence-electron chi connectivity index (χ0n) is 12.4. The van der Waals surface area contributed by atoms with Crippen molar-refractivity contribution in [3.63, 3.8) is 0 Å². The van der Waals surface area contributed by atoms with Crippen molar-refractivity contribution in [2.75, 3.05) is 33.4 Å². The van der Waals surface area contributed by atoms with Crippen molar-refractivity contribution in [2.45, 2.75) is 26.7 Å². The van der Waals surface area contributed by atoms with Gasteiger partial charge in [0.05, 0.1) is 13.7 Å². The molecule has 1 N–H and O–H groups in total. The maximum Gasteiger partial charge on any atom is 0.122 e. The van der Waals surface area contributed by atoms with Crippen molar-refractivity contribution in [1.82, 2.24) is 5.32 Å². The molecule has 0 aromatic heterocycles. The molecular formula is C16H27NO2. The van der Waals surface area contributed by atoms with E-state index in [0.717, 1.165) is 44.9 Å². The predicted octanol–water partition coefficient (Wildman–Crippen LogP) is 2.89. The van der Waals surface area contributed by atoms with Crippen LogP contribution in [-0.4, -0.2) is 33.4 Å². The minimum atomic E-state index is 0.489. The van der Waals surface area contributed by atoms with Crippen molar-refractivity contribution in [3.8, 4) is 5.75 Å². The van der Waals surface area contributed by atoms with Gasteiger partial charge in [-0.25, -0.2) is 0 Å². The summed E-state index contributed by atoms with van der Waals surface area (Å²) >= 11 is 0. The fraction of sp³-hybridized carbons (Fsp3) is 0.625. The molecule has 0 amide bonds. The highest BCUT2D eigenvalue weighted by Gasteiger charge is 2.12. The monoisotopic (exact) mass is 265 g/mol. The maximum atomic E-state index is 5.59. The Hall–Kier alpha value is -1.06. The molecule has 0 heterocycles. The van der Waals surface area contributed by atoms with Gasteiger partial charge < -0.3 is 14.8 Å². The van der Waals surface area contributed by atoms with E-state index in [1.54, 1.807) is 7.11 Å². The van der Waals surface area contributed by atoms with Crippen LogP contribution >= 0.6 is 0 Å². The Morgan fingerprint density at radius 3 is 2.68 bits per heavy atom. The van der Waals surface area contributed by atoms with Gasteiger partial charge in [-0.05, 0) is 43.9 Å². The molecule has 1 rings (SSSR count). The summed E-state index contributed by atoms with van der Waals surface area (Å²) in [5.74, 6) is 1.46. The molecule has 0 saturated heterocycles. The van der Waals surface area contributed by atoms with Crippen LogP contribution in [0.5, 0.6) is 5.75 Å². The van der Waals surface area contributed by atoms with Crippen LogP contribution in [0.4, 0.5) is 0 Å². The fourth-order valence-electron chi connectivity index (χ4n) is 2.14. The molecule has 0 radical (unpaired) electrons. The standard InChI is InChI=1S/C16H27NO2/c1-4-10-17-12-14(13-19-5-2)11-15-8-6-7-9-16(15)18-3/h6-9,14,17H,4-5,10-13H2,1-3H3. The van der Waals surface area contributed by atoms with E-state index in [4.69, 9.17) is 9.47 Å². The molecule has 0 aliphatic carbocycles. The van der Waals surface area contributed by atoms with Crippen LogP contribution in [0.3, 0.4) is 0 Å². The van der Waals surface area contributed by atoms with Crippen molar-refractivity contribution < 1.29 is 9.47 Å². The second-order valence-electron chi connectivity index (χ2n) is 4.75. The molecule has 0 aliphatic rings. The average Bonchev–Trinajstić information content (AvgIpc) is 2.45. The first-order chi connectivity index (χ1) is 9.31. The molecule has 0 spiro atoms. The molecule has 1 unspecified atom stereocenters. The first-order valence-electron chi connectivity index (χ1n) is 7.22. The highest BCUT2D eigenvalue weighted by molar-refractivity contribution is 5.33. The molecule has 0 fully saturated rings. The lowest BCUT2D eigenvalue weighted by Crippen LogP contribution is -2.28. The minimum absolute atomic E-state index is 0.489. The Balaban J connectivity index is 2.58. The van der Waals surface area contributed by atoms with Crippen LogP contribution in [0, 0.1) is 5.92 Å². The number of hydrogen-bond donors (Lipinski definition) is 1. The summed E-state index contributed by atoms with van der Waals surface area (Å²) in [4.78, 5) is 0. The van der Waals surface area contributed by atoms with Gasteiger partial charge in [-0.3, -0.25) is 0 Å². The molecule has 0 aliphatic heterocycles. The van der Waals surface area contributed by atoms with Crippen LogP contribution in [0.25, 0.3) is 0 Å². The smallest absolute Gasteiger partial charge is 0.122 e. The highest BCUT2D eigenvalue weighted by Crippen LogP contribution is 2.21. The van der Waals surface area contributed by atoms with Gasteiger partial charge in [-0.1, -0.05) is 25.1 Å². The quantitative estimate of drug-likeness (QED) is 0.660. The van der Waals surface area contributed by atoms with Gasteiger partial charge in [0.2, 0.25) is 0 Å². The Morgan fingerprint density at radius 2 is 2.00 bits per heavy atom. The number of nitrogens with one attached hydrogen (secondary N) is 1. The van der Waals surface area contributed by atoms with Crippen LogP contribution in [-0.2, 0) is 11.2 Å². The topological polar surface area (TPSA) is 30.5 Å². The summed E-state index contributed by atoms with van der Waals surface area (Å²) < 4.78 is 11.0. The summed E-state index contributed by atoms with van der Waals surface area (Å²) in [5.41, 5.74) is 1.26. The molecule has 3 heteroatoms. The van der Waals surface area contributed by atoms with Gasteiger partial charge in [0, 0.05) is 13.2 Å². The van der Waals surface area contributed by atoms with Gasteiger partial charge in [-0.2, -0.15) is 0 Å². The van der Waals surface area contributed by atoms with Gasteiger partial charge in [0.1, 0.15) is 5.75 Å². The first-order valence-corrected chi connectivity index (χ1v) is 7.22. The van der Waals surface area contributed by atoms with Crippen molar-refractivity contribution in [3.05, 3.63) is 29.8 Å². The highest BCUT2D eigenvalue weighted by atomic mass is 16.5. The van der Waals surface area contributed by atoms with Gasteiger partial charge >= 0.3 is 0 Å². The third kappa shape index (κ3) is 6.08. The molecular weight excluding hydrogens is 238 g/mol. The molecule has 1 atom stereocenters. The Kier molecular flexibility index (Phi) is 8.26. The van der Waals surface area contributed by atoms with Crippen LogP contribution in [0.2, 0.25) is 0 Å². The number of ether oxygens (including phenoxy) is 2. The number of methoxy groups -OCH3 is 1. The summed E-state index contributed by atoms with van der Waals surface area (Å²) in [6.07, 6.45) is 2.15. The largest absolute Gasteiger partial charge is 0.496 e. The normalized spacial score (nSPS) is 12.4. The minimum Gasteiger partial charge on any atom is -0.496 e. The van der Waals surface area contributed by atoms with E-state index in [0.29, 0.717) is 5.92 Å². The number of benzene rings is 1. The van der Waals surface area contributed by atoms with E-state index < -0.39 is 0 Å². The van der Waals surface area contributed by atoms with Crippen molar-refractivity contribution in [2.24, 2.45) is 5.92 Å². The Labute approximate surface area is 117 Å². The van der Waals surface area contributed by atoms with Crippen LogP contribution in [0.15, 0.2) is 24.3 Å². The zero-order valence-corrected chi connectivity index (χ0v) is 12.4. The number of hydrogen-bond acceptors (Lipinski definition) is 3. The van der Waals surface area contributed by atoms with E-state index in [1.807, 2.05) is 19.1 Å². The molecule has 19 heavy (non-hydrogen) atoms. The van der Waals surface area contributed by atoms with Crippen molar-refractivity contribution >= 4 is 0 Å². The van der Waals surface area contributed by atoms with E-state index in [-0.39, 0.29) is 0 Å². The lowest BCUT2D eigenvalue weighted by molar-refractivity contribution is 0.109. The second kappa shape index (κ2) is 9.82. The Morgan fingerprint density at radius 1 is 1.21 bits per heavy atom. The summed E-state index contributed by atoms with van der Waals surface area (Å²) in [6.45, 7) is 7.85. The first kappa shape index (κ1) is 16.0. The lowest BCUT2D eigenvalue weighted by Gasteiger charge is -2.19. The molecule has 1 aromatic rings. The molecule has 108 valence electrons. The second-order valence-corrected chi connectivity index (χ2v) is 4.75. The average molecular weight is 265 g/mol. The summed E-state index contributed by atoms with van der Waals surface area (Å²) in [7, 11) is 1.73. The molecule has 1 aromatic carbocycles. The van der Waals surface area contributed by atoms with E-state index in [9.17, 15) is 0 Å². The number of para-hydroxylation sites is 1. The maximum absolute atomic E-state index is 5.59. The Bertz CT molecular complexity index is 341. The summed E-state index contributed by atoms with van der Waals surface area (Å²) in [5, 5.41) is 3.48. The number of rotatable bonds is 10.